The highest BCUT2D eigenvalue weighted by atomic mass is 19.4. The molecule has 4 aromatic rings. The SMILES string of the molecule is Fc1cnc(Nc2ccc(CN3CCC4(CCNCC4)CC3)cn2)nc1-c1cc(F)c2nc3n(c2c1)[C@H](C(F)(F)F)CC3. The molecule has 0 saturated carbocycles. The molecule has 3 aliphatic heterocycles. The molecule has 226 valence electrons. The zero-order valence-corrected chi connectivity index (χ0v) is 23.4. The van der Waals surface area contributed by atoms with Crippen LogP contribution in [0.15, 0.2) is 36.7 Å². The van der Waals surface area contributed by atoms with Gasteiger partial charge in [-0.25, -0.2) is 28.7 Å². The summed E-state index contributed by atoms with van der Waals surface area (Å²) in [5.41, 5.74) is 1.07. The number of nitrogens with zero attached hydrogens (tertiary/aromatic N) is 6. The molecule has 3 aliphatic rings. The summed E-state index contributed by atoms with van der Waals surface area (Å²) in [6.07, 6.45) is 3.04. The number of fused-ring (bicyclic) bond motifs is 3. The van der Waals surface area contributed by atoms with Crippen molar-refractivity contribution in [2.24, 2.45) is 5.41 Å². The Labute approximate surface area is 244 Å². The first-order chi connectivity index (χ1) is 20.7. The third-order valence-corrected chi connectivity index (χ3v) is 9.22. The summed E-state index contributed by atoms with van der Waals surface area (Å²) in [6, 6.07) is 4.27. The molecule has 7 rings (SSSR count). The van der Waals surface area contributed by atoms with Gasteiger partial charge >= 0.3 is 6.18 Å². The van der Waals surface area contributed by atoms with Crippen molar-refractivity contribution in [3.8, 4) is 11.3 Å². The van der Waals surface area contributed by atoms with E-state index >= 15 is 4.39 Å². The van der Waals surface area contributed by atoms with Gasteiger partial charge in [-0.3, -0.25) is 4.90 Å². The van der Waals surface area contributed by atoms with Crippen LogP contribution in [0.25, 0.3) is 22.3 Å². The monoisotopic (exact) mass is 598 g/mol. The van der Waals surface area contributed by atoms with Crippen molar-refractivity contribution in [2.45, 2.75) is 57.3 Å². The number of nitrogens with one attached hydrogen (secondary N) is 2. The predicted octanol–water partition coefficient (Wildman–Crippen LogP) is 5.93. The van der Waals surface area contributed by atoms with E-state index < -0.39 is 23.9 Å². The van der Waals surface area contributed by atoms with Crippen LogP contribution in [0, 0.1) is 17.0 Å². The first-order valence-electron chi connectivity index (χ1n) is 14.6. The van der Waals surface area contributed by atoms with Crippen molar-refractivity contribution in [3.63, 3.8) is 0 Å². The summed E-state index contributed by atoms with van der Waals surface area (Å²) in [4.78, 5) is 19.2. The number of benzene rings is 1. The largest absolute Gasteiger partial charge is 0.409 e. The Kier molecular flexibility index (Phi) is 7.04. The van der Waals surface area contributed by atoms with Crippen LogP contribution in [0.2, 0.25) is 0 Å². The fourth-order valence-electron chi connectivity index (χ4n) is 6.80. The van der Waals surface area contributed by atoms with E-state index in [0.717, 1.165) is 55.1 Å². The van der Waals surface area contributed by atoms with Crippen molar-refractivity contribution >= 4 is 22.8 Å². The molecule has 43 heavy (non-hydrogen) atoms. The van der Waals surface area contributed by atoms with Gasteiger partial charge in [-0.15, -0.1) is 0 Å². The summed E-state index contributed by atoms with van der Waals surface area (Å²) >= 11 is 0. The van der Waals surface area contributed by atoms with Gasteiger partial charge in [-0.1, -0.05) is 6.07 Å². The fraction of sp³-hybridized carbons (Fsp3) is 0.467. The topological polar surface area (TPSA) is 83.8 Å². The van der Waals surface area contributed by atoms with E-state index in [-0.39, 0.29) is 46.9 Å². The van der Waals surface area contributed by atoms with E-state index in [1.54, 1.807) is 12.3 Å². The van der Waals surface area contributed by atoms with Crippen LogP contribution in [0.3, 0.4) is 0 Å². The van der Waals surface area contributed by atoms with Gasteiger partial charge in [0.2, 0.25) is 5.95 Å². The van der Waals surface area contributed by atoms with Crippen LogP contribution >= 0.6 is 0 Å². The Hall–Kier alpha value is -3.71. The number of halogens is 5. The zero-order valence-electron chi connectivity index (χ0n) is 23.4. The highest BCUT2D eigenvalue weighted by molar-refractivity contribution is 5.83. The van der Waals surface area contributed by atoms with E-state index in [1.165, 1.54) is 31.7 Å². The van der Waals surface area contributed by atoms with Gasteiger partial charge in [0, 0.05) is 24.7 Å². The van der Waals surface area contributed by atoms with Crippen LogP contribution in [-0.2, 0) is 13.0 Å². The van der Waals surface area contributed by atoms with E-state index in [4.69, 9.17) is 0 Å². The molecule has 2 N–H and O–H groups in total. The normalized spacial score (nSPS) is 20.5. The molecular formula is C30H31F5N8. The lowest BCUT2D eigenvalue weighted by Gasteiger charge is -2.44. The van der Waals surface area contributed by atoms with Gasteiger partial charge in [0.1, 0.15) is 28.9 Å². The number of imidazole rings is 1. The molecular weight excluding hydrogens is 567 g/mol. The van der Waals surface area contributed by atoms with Gasteiger partial charge in [0.05, 0.1) is 11.7 Å². The molecule has 0 aliphatic carbocycles. The number of rotatable bonds is 5. The molecule has 1 spiro atoms. The average Bonchev–Trinajstić information content (AvgIpc) is 3.57. The van der Waals surface area contributed by atoms with E-state index in [9.17, 15) is 17.6 Å². The molecule has 0 radical (unpaired) electrons. The third kappa shape index (κ3) is 5.44. The maximum atomic E-state index is 15.0. The number of anilines is 2. The van der Waals surface area contributed by atoms with Crippen molar-refractivity contribution < 1.29 is 22.0 Å². The number of pyridine rings is 1. The van der Waals surface area contributed by atoms with E-state index in [2.05, 4.69) is 35.5 Å². The maximum absolute atomic E-state index is 15.0. The van der Waals surface area contributed by atoms with Gasteiger partial charge < -0.3 is 15.2 Å². The summed E-state index contributed by atoms with van der Waals surface area (Å²) in [7, 11) is 0. The van der Waals surface area contributed by atoms with Crippen LogP contribution in [0.1, 0.15) is 49.5 Å². The van der Waals surface area contributed by atoms with Crippen LogP contribution < -0.4 is 10.6 Å². The minimum atomic E-state index is -4.52. The minimum Gasteiger partial charge on any atom is -0.317 e. The Morgan fingerprint density at radius 1 is 0.953 bits per heavy atom. The molecule has 0 amide bonds. The Morgan fingerprint density at radius 3 is 2.47 bits per heavy atom. The lowest BCUT2D eigenvalue weighted by atomic mass is 9.71. The van der Waals surface area contributed by atoms with E-state index in [0.29, 0.717) is 11.2 Å². The first kappa shape index (κ1) is 28.1. The number of aromatic nitrogens is 5. The molecule has 8 nitrogen and oxygen atoms in total. The molecule has 0 unspecified atom stereocenters. The second kappa shape index (κ2) is 10.8. The van der Waals surface area contributed by atoms with Gasteiger partial charge in [-0.2, -0.15) is 13.2 Å². The fourth-order valence-corrected chi connectivity index (χ4v) is 6.80. The molecule has 1 atom stereocenters. The highest BCUT2D eigenvalue weighted by Crippen LogP contribution is 2.43. The second-order valence-corrected chi connectivity index (χ2v) is 11.9. The quantitative estimate of drug-likeness (QED) is 0.276. The smallest absolute Gasteiger partial charge is 0.317 e. The Morgan fingerprint density at radius 2 is 1.74 bits per heavy atom. The number of hydrogen-bond donors (Lipinski definition) is 2. The van der Waals surface area contributed by atoms with Crippen LogP contribution in [0.5, 0.6) is 0 Å². The number of aryl methyl sites for hydroxylation is 1. The van der Waals surface area contributed by atoms with Crippen molar-refractivity contribution in [1.29, 1.82) is 0 Å². The lowest BCUT2D eigenvalue weighted by Crippen LogP contribution is -2.45. The molecule has 2 fully saturated rings. The zero-order chi connectivity index (χ0) is 29.8. The molecule has 3 aromatic heterocycles. The number of piperidine rings is 2. The van der Waals surface area contributed by atoms with Gasteiger partial charge in [-0.05, 0) is 87.5 Å². The Bertz CT molecular complexity index is 1640. The predicted molar refractivity (Wildman–Crippen MR) is 151 cm³/mol. The molecule has 0 bridgehead atoms. The second-order valence-electron chi connectivity index (χ2n) is 11.9. The molecule has 1 aromatic carbocycles. The van der Waals surface area contributed by atoms with Crippen LogP contribution in [-0.4, -0.2) is 61.8 Å². The molecule has 13 heteroatoms. The molecule has 6 heterocycles. The standard InChI is InChI=1S/C30H31F5N8/c31-20-13-19(14-22-27(20)40-25-4-2-23(43(22)25)30(33,34)35)26-21(32)16-38-28(41-26)39-24-3-1-18(15-37-24)17-42-11-7-29(8-12-42)5-9-36-10-6-29/h1,3,13-16,23,36H,2,4-12,17H2,(H,37,38,39,41)/t23-/m0/s1. The van der Waals surface area contributed by atoms with Crippen molar-refractivity contribution in [1.82, 2.24) is 34.7 Å². The third-order valence-electron chi connectivity index (χ3n) is 9.22. The minimum absolute atomic E-state index is 0.0143. The van der Waals surface area contributed by atoms with Crippen LogP contribution in [0.4, 0.5) is 33.7 Å². The van der Waals surface area contributed by atoms with Gasteiger partial charge in [0.15, 0.2) is 11.6 Å². The number of hydrogen-bond acceptors (Lipinski definition) is 7. The summed E-state index contributed by atoms with van der Waals surface area (Å²) in [5.74, 6) is -1.07. The van der Waals surface area contributed by atoms with Crippen molar-refractivity contribution in [2.75, 3.05) is 31.5 Å². The first-order valence-corrected chi connectivity index (χ1v) is 14.6. The lowest BCUT2D eigenvalue weighted by molar-refractivity contribution is -0.164. The maximum Gasteiger partial charge on any atom is 0.409 e. The van der Waals surface area contributed by atoms with Crippen molar-refractivity contribution in [3.05, 3.63) is 59.7 Å². The number of likely N-dealkylation sites (tertiary alicyclic amines) is 1. The summed E-state index contributed by atoms with van der Waals surface area (Å²) in [5, 5.41) is 6.40. The number of alkyl halides is 3. The summed E-state index contributed by atoms with van der Waals surface area (Å²) in [6.45, 7) is 5.16. The summed E-state index contributed by atoms with van der Waals surface area (Å²) < 4.78 is 71.9. The highest BCUT2D eigenvalue weighted by Gasteiger charge is 2.45. The average molecular weight is 599 g/mol. The van der Waals surface area contributed by atoms with E-state index in [1.807, 2.05) is 6.07 Å². The van der Waals surface area contributed by atoms with Gasteiger partial charge in [0.25, 0.3) is 0 Å². The molecule has 2 saturated heterocycles. The Balaban J connectivity index is 1.07.